The number of carbonyl (C=O) groups excluding carboxylic acids is 1. The van der Waals surface area contributed by atoms with Crippen LogP contribution in [0.25, 0.3) is 11.0 Å². The van der Waals surface area contributed by atoms with E-state index >= 15 is 0 Å². The van der Waals surface area contributed by atoms with Crippen molar-refractivity contribution in [2.75, 3.05) is 19.7 Å². The lowest BCUT2D eigenvalue weighted by Gasteiger charge is -2.34. The Morgan fingerprint density at radius 3 is 2.66 bits per heavy atom. The van der Waals surface area contributed by atoms with Gasteiger partial charge in [-0.25, -0.2) is 8.42 Å². The summed E-state index contributed by atoms with van der Waals surface area (Å²) in [6, 6.07) is 4.69. The van der Waals surface area contributed by atoms with E-state index in [4.69, 9.17) is 4.84 Å². The molecule has 3 atom stereocenters. The van der Waals surface area contributed by atoms with Crippen LogP contribution in [-0.2, 0) is 14.8 Å². The van der Waals surface area contributed by atoms with Gasteiger partial charge in [0, 0.05) is 19.1 Å². The Bertz CT molecular complexity index is 964. The summed E-state index contributed by atoms with van der Waals surface area (Å²) in [5.41, 5.74) is 0.896. The van der Waals surface area contributed by atoms with E-state index in [1.165, 1.54) is 12.1 Å². The Morgan fingerprint density at radius 2 is 2.00 bits per heavy atom. The number of hydrogen-bond donors (Lipinski definition) is 1. The molecule has 1 aliphatic rings. The first-order valence-corrected chi connectivity index (χ1v) is 11.4. The highest BCUT2D eigenvalue weighted by Gasteiger charge is 2.32. The topological polar surface area (TPSA) is 106 Å². The minimum absolute atomic E-state index is 0.0460. The highest BCUT2D eigenvalue weighted by Crippen LogP contribution is 2.27. The maximum atomic E-state index is 13.1. The van der Waals surface area contributed by atoms with Gasteiger partial charge in [0.05, 0.1) is 4.90 Å². The van der Waals surface area contributed by atoms with Gasteiger partial charge in [0.15, 0.2) is 6.61 Å². The minimum Gasteiger partial charge on any atom is -0.385 e. The summed E-state index contributed by atoms with van der Waals surface area (Å²) in [5, 5.41) is 10.7. The molecule has 3 rings (SSSR count). The van der Waals surface area contributed by atoms with Crippen LogP contribution >= 0.6 is 0 Å². The second-order valence-electron chi connectivity index (χ2n) is 8.03. The first kappa shape index (κ1) is 21.5. The molecule has 0 bridgehead atoms. The molecule has 0 spiro atoms. The van der Waals surface area contributed by atoms with Gasteiger partial charge >= 0.3 is 0 Å². The number of rotatable bonds is 7. The summed E-state index contributed by atoms with van der Waals surface area (Å²) < 4.78 is 27.8. The summed E-state index contributed by atoms with van der Waals surface area (Å²) in [6.45, 7) is 8.80. The second-order valence-corrected chi connectivity index (χ2v) is 9.97. The zero-order valence-corrected chi connectivity index (χ0v) is 18.1. The molecule has 1 fully saturated rings. The van der Waals surface area contributed by atoms with Crippen LogP contribution < -0.4 is 10.2 Å². The third-order valence-corrected chi connectivity index (χ3v) is 7.03. The zero-order chi connectivity index (χ0) is 21.2. The Hall–Kier alpha value is -2.20. The quantitative estimate of drug-likeness (QED) is 0.722. The fourth-order valence-electron chi connectivity index (χ4n) is 3.62. The molecule has 1 saturated heterocycles. The normalized spacial score (nSPS) is 21.8. The Balaban J connectivity index is 1.80. The minimum atomic E-state index is -3.63. The van der Waals surface area contributed by atoms with Gasteiger partial charge in [0.2, 0.25) is 10.0 Å². The number of benzene rings is 1. The largest absolute Gasteiger partial charge is 0.385 e. The molecule has 160 valence electrons. The van der Waals surface area contributed by atoms with Gasteiger partial charge in [-0.15, -0.1) is 5.10 Å². The van der Waals surface area contributed by atoms with Crippen LogP contribution in [0.15, 0.2) is 23.1 Å². The average Bonchev–Trinajstić information content (AvgIpc) is 3.07. The van der Waals surface area contributed by atoms with E-state index in [9.17, 15) is 13.2 Å². The summed E-state index contributed by atoms with van der Waals surface area (Å²) in [5.74, 6) is 0.358. The van der Waals surface area contributed by atoms with Crippen molar-refractivity contribution in [1.82, 2.24) is 24.8 Å². The Labute approximate surface area is 171 Å². The molecule has 1 aromatic carbocycles. The lowest BCUT2D eigenvalue weighted by atomic mass is 9.94. The zero-order valence-electron chi connectivity index (χ0n) is 17.3. The molecule has 10 heteroatoms. The Kier molecular flexibility index (Phi) is 6.42. The van der Waals surface area contributed by atoms with Crippen molar-refractivity contribution in [2.45, 2.75) is 51.5 Å². The molecular weight excluding hydrogens is 394 g/mol. The maximum Gasteiger partial charge on any atom is 0.260 e. The van der Waals surface area contributed by atoms with Gasteiger partial charge in [-0.05, 0) is 55.0 Å². The fraction of sp³-hybridized carbons (Fsp3) is 0.632. The standard InChI is InChI=1S/C19H29N5O4S/c1-5-15(4)20-19(25)12-28-24-18-9-16(6-7-17(18)21-22-24)29(26,27)23-10-13(2)8-14(3)11-23/h6-7,9,13-15H,5,8,10-12H2,1-4H3,(H,20,25)/t13-,14+,15-/m1/s1. The molecular formula is C19H29N5O4S. The van der Waals surface area contributed by atoms with Crippen molar-refractivity contribution in [2.24, 2.45) is 11.8 Å². The summed E-state index contributed by atoms with van der Waals surface area (Å²) in [6.07, 6.45) is 1.83. The molecule has 2 heterocycles. The fourth-order valence-corrected chi connectivity index (χ4v) is 5.32. The molecule has 0 radical (unpaired) electrons. The van der Waals surface area contributed by atoms with Crippen LogP contribution in [0.2, 0.25) is 0 Å². The molecule has 0 unspecified atom stereocenters. The number of sulfonamides is 1. The van der Waals surface area contributed by atoms with Gasteiger partial charge in [0.1, 0.15) is 11.0 Å². The first-order chi connectivity index (χ1) is 13.7. The van der Waals surface area contributed by atoms with Gasteiger partial charge in [-0.1, -0.05) is 25.6 Å². The highest BCUT2D eigenvalue weighted by atomic mass is 32.2. The van der Waals surface area contributed by atoms with E-state index in [1.54, 1.807) is 10.4 Å². The van der Waals surface area contributed by atoms with Crippen LogP contribution in [0.4, 0.5) is 0 Å². The van der Waals surface area contributed by atoms with E-state index in [0.29, 0.717) is 36.0 Å². The number of amides is 1. The number of nitrogens with one attached hydrogen (secondary N) is 1. The molecule has 0 saturated carbocycles. The predicted molar refractivity (Wildman–Crippen MR) is 109 cm³/mol. The summed E-state index contributed by atoms with van der Waals surface area (Å²) in [7, 11) is -3.63. The second kappa shape index (κ2) is 8.66. The first-order valence-electron chi connectivity index (χ1n) is 9.99. The lowest BCUT2D eigenvalue weighted by Crippen LogP contribution is -2.42. The van der Waals surface area contributed by atoms with E-state index in [1.807, 2.05) is 13.8 Å². The van der Waals surface area contributed by atoms with Crippen LogP contribution in [0, 0.1) is 11.8 Å². The van der Waals surface area contributed by atoms with E-state index in [0.717, 1.165) is 17.7 Å². The number of piperidine rings is 1. The molecule has 9 nitrogen and oxygen atoms in total. The van der Waals surface area contributed by atoms with Gasteiger partial charge < -0.3 is 10.2 Å². The number of fused-ring (bicyclic) bond motifs is 1. The summed E-state index contributed by atoms with van der Waals surface area (Å²) >= 11 is 0. The van der Waals surface area contributed by atoms with Crippen LogP contribution in [-0.4, -0.2) is 59.5 Å². The number of aromatic nitrogens is 3. The number of hydrogen-bond acceptors (Lipinski definition) is 6. The molecule has 1 aliphatic heterocycles. The molecule has 0 aliphatic carbocycles. The van der Waals surface area contributed by atoms with Crippen LogP contribution in [0.3, 0.4) is 0 Å². The third-order valence-electron chi connectivity index (χ3n) is 5.20. The Morgan fingerprint density at radius 1 is 1.31 bits per heavy atom. The summed E-state index contributed by atoms with van der Waals surface area (Å²) in [4.78, 5) is 18.6. The maximum absolute atomic E-state index is 13.1. The van der Waals surface area contributed by atoms with Crippen LogP contribution in [0.1, 0.15) is 40.5 Å². The van der Waals surface area contributed by atoms with Gasteiger partial charge in [0.25, 0.3) is 5.91 Å². The lowest BCUT2D eigenvalue weighted by molar-refractivity contribution is -0.126. The van der Waals surface area contributed by atoms with E-state index < -0.39 is 10.0 Å². The third kappa shape index (κ3) is 4.87. The number of carbonyl (C=O) groups is 1. The van der Waals surface area contributed by atoms with Crippen molar-refractivity contribution < 1.29 is 18.0 Å². The molecule has 1 N–H and O–H groups in total. The van der Waals surface area contributed by atoms with E-state index in [2.05, 4.69) is 29.5 Å². The smallest absolute Gasteiger partial charge is 0.260 e. The van der Waals surface area contributed by atoms with Crippen molar-refractivity contribution in [3.05, 3.63) is 18.2 Å². The van der Waals surface area contributed by atoms with Crippen molar-refractivity contribution in [1.29, 1.82) is 0 Å². The van der Waals surface area contributed by atoms with Crippen molar-refractivity contribution in [3.8, 4) is 0 Å². The monoisotopic (exact) mass is 423 g/mol. The SMILES string of the molecule is CC[C@@H](C)NC(=O)COn1nnc2ccc(S(=O)(=O)N3C[C@H](C)C[C@H](C)C3)cc21. The average molecular weight is 424 g/mol. The van der Waals surface area contributed by atoms with E-state index in [-0.39, 0.29) is 23.5 Å². The highest BCUT2D eigenvalue weighted by molar-refractivity contribution is 7.89. The molecule has 1 aromatic heterocycles. The molecule has 2 aromatic rings. The van der Waals surface area contributed by atoms with Crippen molar-refractivity contribution in [3.63, 3.8) is 0 Å². The van der Waals surface area contributed by atoms with Crippen LogP contribution in [0.5, 0.6) is 0 Å². The predicted octanol–water partition coefficient (Wildman–Crippen LogP) is 1.44. The molecule has 1 amide bonds. The van der Waals surface area contributed by atoms with Gasteiger partial charge in [-0.2, -0.15) is 4.31 Å². The van der Waals surface area contributed by atoms with Gasteiger partial charge in [-0.3, -0.25) is 4.79 Å². The van der Waals surface area contributed by atoms with Crippen molar-refractivity contribution >= 4 is 27.0 Å². The number of nitrogens with zero attached hydrogens (tertiary/aromatic N) is 4. The molecule has 29 heavy (non-hydrogen) atoms.